The van der Waals surface area contributed by atoms with Crippen molar-refractivity contribution < 1.29 is 9.94 Å². The summed E-state index contributed by atoms with van der Waals surface area (Å²) in [4.78, 5) is 24.4. The Hall–Kier alpha value is -2.82. The second-order valence-electron chi connectivity index (χ2n) is 8.95. The van der Waals surface area contributed by atoms with Gasteiger partial charge in [0.25, 0.3) is 5.56 Å². The lowest BCUT2D eigenvalue weighted by Gasteiger charge is -2.22. The van der Waals surface area contributed by atoms with E-state index < -0.39 is 0 Å². The van der Waals surface area contributed by atoms with Crippen LogP contribution in [-0.2, 0) is 13.5 Å². The number of nitrogens with one attached hydrogen (secondary N) is 1. The fourth-order valence-corrected chi connectivity index (χ4v) is 4.99. The molecule has 0 radical (unpaired) electrons. The standard InChI is InChI=1S/C26H38N6O3S/c1-7-10-19-21(17-27-34)31(6)24-23(19)28-25(29-26(24)33)20-16-18(11-12-22(20)35-15-8-2)36-32(9-3)14-13-30(4)5/h11-12,16-17,34H,7-10,13-15H2,1-6H3,(H,28,29,33)/b27-17+. The van der Waals surface area contributed by atoms with Gasteiger partial charge in [-0.25, -0.2) is 9.29 Å². The molecule has 1 aromatic carbocycles. The number of nitrogens with zero attached hydrogens (tertiary/aromatic N) is 5. The number of ether oxygens (including phenoxy) is 1. The van der Waals surface area contributed by atoms with Crippen LogP contribution in [0.25, 0.3) is 22.4 Å². The molecule has 0 fully saturated rings. The van der Waals surface area contributed by atoms with Crippen molar-refractivity contribution >= 4 is 29.2 Å². The van der Waals surface area contributed by atoms with Gasteiger partial charge in [-0.1, -0.05) is 32.3 Å². The van der Waals surface area contributed by atoms with Crippen LogP contribution in [0.1, 0.15) is 44.9 Å². The van der Waals surface area contributed by atoms with Gasteiger partial charge >= 0.3 is 0 Å². The van der Waals surface area contributed by atoms with E-state index >= 15 is 0 Å². The molecule has 0 atom stereocenters. The molecule has 0 amide bonds. The molecule has 2 heterocycles. The van der Waals surface area contributed by atoms with Crippen LogP contribution in [0.3, 0.4) is 0 Å². The molecule has 0 aliphatic rings. The van der Waals surface area contributed by atoms with Gasteiger partial charge < -0.3 is 24.4 Å². The maximum atomic E-state index is 13.3. The van der Waals surface area contributed by atoms with Crippen molar-refractivity contribution in [2.45, 2.75) is 44.9 Å². The van der Waals surface area contributed by atoms with Gasteiger partial charge in [-0.2, -0.15) is 0 Å². The summed E-state index contributed by atoms with van der Waals surface area (Å²) in [7, 11) is 5.93. The van der Waals surface area contributed by atoms with Crippen molar-refractivity contribution in [1.82, 2.24) is 23.7 Å². The summed E-state index contributed by atoms with van der Waals surface area (Å²) in [6.45, 7) is 9.64. The number of aromatic amines is 1. The summed E-state index contributed by atoms with van der Waals surface area (Å²) in [5.41, 5.74) is 3.15. The van der Waals surface area contributed by atoms with Crippen LogP contribution in [0.4, 0.5) is 0 Å². The molecule has 0 saturated carbocycles. The fraction of sp³-hybridized carbons (Fsp3) is 0.500. The van der Waals surface area contributed by atoms with Gasteiger partial charge in [0.05, 0.1) is 24.1 Å². The van der Waals surface area contributed by atoms with E-state index in [0.717, 1.165) is 48.5 Å². The maximum absolute atomic E-state index is 13.3. The first-order valence-corrected chi connectivity index (χ1v) is 13.3. The molecular weight excluding hydrogens is 476 g/mol. The molecule has 36 heavy (non-hydrogen) atoms. The van der Waals surface area contributed by atoms with Gasteiger partial charge in [-0.3, -0.25) is 4.79 Å². The molecule has 0 aliphatic heterocycles. The number of aromatic nitrogens is 3. The summed E-state index contributed by atoms with van der Waals surface area (Å²) in [6, 6.07) is 6.05. The number of hydrogen-bond donors (Lipinski definition) is 2. The highest BCUT2D eigenvalue weighted by Crippen LogP contribution is 2.34. The highest BCUT2D eigenvalue weighted by Gasteiger charge is 2.21. The van der Waals surface area contributed by atoms with Gasteiger partial charge in [0, 0.05) is 37.1 Å². The van der Waals surface area contributed by atoms with Gasteiger partial charge in [0.2, 0.25) is 0 Å². The zero-order chi connectivity index (χ0) is 26.2. The number of H-pyrrole nitrogens is 1. The Morgan fingerprint density at radius 2 is 2.00 bits per heavy atom. The average Bonchev–Trinajstić information content (AvgIpc) is 3.12. The maximum Gasteiger partial charge on any atom is 0.275 e. The molecular formula is C26H38N6O3S. The Balaban J connectivity index is 2.14. The Morgan fingerprint density at radius 3 is 2.64 bits per heavy atom. The minimum Gasteiger partial charge on any atom is -0.493 e. The van der Waals surface area contributed by atoms with Crippen LogP contribution >= 0.6 is 11.9 Å². The van der Waals surface area contributed by atoms with Gasteiger partial charge in [0.1, 0.15) is 22.6 Å². The molecule has 9 nitrogen and oxygen atoms in total. The SMILES string of the molecule is CCCOc1ccc(SN(CC)CCN(C)C)cc1-c1nc2c(CCC)c(/C=N/O)n(C)c2c(=O)[nH]1. The van der Waals surface area contributed by atoms with Crippen molar-refractivity contribution in [2.24, 2.45) is 12.2 Å². The largest absolute Gasteiger partial charge is 0.493 e. The Kier molecular flexibility index (Phi) is 9.98. The van der Waals surface area contributed by atoms with E-state index in [4.69, 9.17) is 9.72 Å². The number of aryl methyl sites for hydroxylation is 2. The summed E-state index contributed by atoms with van der Waals surface area (Å²) in [6.07, 6.45) is 3.81. The lowest BCUT2D eigenvalue weighted by Crippen LogP contribution is -2.26. The second-order valence-corrected chi connectivity index (χ2v) is 10.1. The lowest BCUT2D eigenvalue weighted by molar-refractivity contribution is 0.318. The number of likely N-dealkylation sites (N-methyl/N-ethyl adjacent to an activating group) is 2. The molecule has 0 unspecified atom stereocenters. The summed E-state index contributed by atoms with van der Waals surface area (Å²) >= 11 is 1.69. The predicted molar refractivity (Wildman–Crippen MR) is 148 cm³/mol. The van der Waals surface area contributed by atoms with Crippen LogP contribution in [-0.4, -0.2) is 75.5 Å². The highest BCUT2D eigenvalue weighted by molar-refractivity contribution is 7.97. The van der Waals surface area contributed by atoms with Crippen molar-refractivity contribution in [2.75, 3.05) is 40.3 Å². The van der Waals surface area contributed by atoms with Crippen molar-refractivity contribution in [3.63, 3.8) is 0 Å². The minimum absolute atomic E-state index is 0.242. The van der Waals surface area contributed by atoms with E-state index in [1.165, 1.54) is 6.21 Å². The summed E-state index contributed by atoms with van der Waals surface area (Å²) in [5.74, 6) is 1.15. The molecule has 3 rings (SSSR count). The van der Waals surface area contributed by atoms with E-state index in [2.05, 4.69) is 60.3 Å². The number of oxime groups is 1. The first-order chi connectivity index (χ1) is 17.3. The minimum atomic E-state index is -0.242. The second kappa shape index (κ2) is 12.9. The molecule has 3 aromatic rings. The Labute approximate surface area is 217 Å². The van der Waals surface area contributed by atoms with E-state index in [1.807, 2.05) is 12.1 Å². The molecule has 196 valence electrons. The molecule has 10 heteroatoms. The first kappa shape index (κ1) is 27.8. The first-order valence-electron chi connectivity index (χ1n) is 12.5. The van der Waals surface area contributed by atoms with Crippen LogP contribution in [0.5, 0.6) is 5.75 Å². The highest BCUT2D eigenvalue weighted by atomic mass is 32.2. The third-order valence-electron chi connectivity index (χ3n) is 5.92. The van der Waals surface area contributed by atoms with Crippen molar-refractivity contribution in [3.05, 3.63) is 39.8 Å². The zero-order valence-electron chi connectivity index (χ0n) is 22.2. The van der Waals surface area contributed by atoms with Crippen LogP contribution in [0.15, 0.2) is 33.0 Å². The third kappa shape index (κ3) is 6.29. The fourth-order valence-electron chi connectivity index (χ4n) is 4.09. The van der Waals surface area contributed by atoms with Gasteiger partial charge in [0.15, 0.2) is 0 Å². The van der Waals surface area contributed by atoms with Crippen LogP contribution in [0, 0.1) is 0 Å². The number of fused-ring (bicyclic) bond motifs is 1. The smallest absolute Gasteiger partial charge is 0.275 e. The third-order valence-corrected chi connectivity index (χ3v) is 7.08. The van der Waals surface area contributed by atoms with Gasteiger partial charge in [-0.15, -0.1) is 0 Å². The summed E-state index contributed by atoms with van der Waals surface area (Å²) < 4.78 is 10.1. The van der Waals surface area contributed by atoms with Crippen LogP contribution in [0.2, 0.25) is 0 Å². The Bertz CT molecular complexity index is 1250. The Morgan fingerprint density at radius 1 is 1.22 bits per heavy atom. The van der Waals surface area contributed by atoms with Gasteiger partial charge in [-0.05, 0) is 57.1 Å². The lowest BCUT2D eigenvalue weighted by atomic mass is 10.1. The number of hydrogen-bond acceptors (Lipinski definition) is 8. The van der Waals surface area contributed by atoms with Crippen molar-refractivity contribution in [3.8, 4) is 17.1 Å². The molecule has 0 spiro atoms. The molecule has 2 N–H and O–H groups in total. The van der Waals surface area contributed by atoms with Crippen LogP contribution < -0.4 is 10.3 Å². The monoisotopic (exact) mass is 514 g/mol. The predicted octanol–water partition coefficient (Wildman–Crippen LogP) is 4.37. The zero-order valence-corrected chi connectivity index (χ0v) is 23.0. The number of benzene rings is 1. The molecule has 0 saturated heterocycles. The number of rotatable bonds is 13. The normalized spacial score (nSPS) is 12.0. The average molecular weight is 515 g/mol. The summed E-state index contributed by atoms with van der Waals surface area (Å²) in [5, 5.41) is 12.4. The van der Waals surface area contributed by atoms with E-state index in [-0.39, 0.29) is 5.56 Å². The molecule has 0 aliphatic carbocycles. The molecule has 2 aromatic heterocycles. The van der Waals surface area contributed by atoms with E-state index in [9.17, 15) is 10.0 Å². The molecule has 0 bridgehead atoms. The van der Waals surface area contributed by atoms with Crippen molar-refractivity contribution in [1.29, 1.82) is 0 Å². The van der Waals surface area contributed by atoms with E-state index in [0.29, 0.717) is 41.3 Å². The van der Waals surface area contributed by atoms with E-state index in [1.54, 1.807) is 23.6 Å². The quantitative estimate of drug-likeness (QED) is 0.151. The topological polar surface area (TPSA) is 99.0 Å².